The molecule has 6 nitrogen and oxygen atoms in total. The van der Waals surface area contributed by atoms with E-state index in [0.29, 0.717) is 39.2 Å². The molecule has 0 unspecified atom stereocenters. The molecule has 0 amide bonds. The number of ether oxygens (including phenoxy) is 3. The van der Waals surface area contributed by atoms with Crippen molar-refractivity contribution in [3.8, 4) is 11.5 Å². The molecule has 3 rings (SSSR count). The molecule has 0 heterocycles. The molecule has 0 spiro atoms. The number of anilines is 2. The first kappa shape index (κ1) is 25.1. The van der Waals surface area contributed by atoms with Crippen LogP contribution in [0.3, 0.4) is 0 Å². The lowest BCUT2D eigenvalue weighted by Gasteiger charge is -2.14. The standard InChI is InChI=1S/C26H23Cl2NO5/c1-3-7-17-12-13-22(23(14-17)32-2)34-25(31)16-33-24(30)15-18-8-4-5-11-21(18)29-26-19(27)9-6-10-20(26)28/h3-6,8-14,29H,1,7,15-16H2,2H3. The zero-order chi connectivity index (χ0) is 24.5. The Hall–Kier alpha value is -3.48. The number of halogens is 2. The summed E-state index contributed by atoms with van der Waals surface area (Å²) in [6.45, 7) is 3.16. The van der Waals surface area contributed by atoms with Crippen LogP contribution in [0.2, 0.25) is 10.0 Å². The zero-order valence-electron chi connectivity index (χ0n) is 18.5. The van der Waals surface area contributed by atoms with Gasteiger partial charge in [-0.15, -0.1) is 6.58 Å². The van der Waals surface area contributed by atoms with Gasteiger partial charge in [-0.2, -0.15) is 0 Å². The van der Waals surface area contributed by atoms with Crippen LogP contribution in [-0.4, -0.2) is 25.7 Å². The molecule has 176 valence electrons. The van der Waals surface area contributed by atoms with Crippen molar-refractivity contribution in [1.82, 2.24) is 0 Å². The smallest absolute Gasteiger partial charge is 0.349 e. The van der Waals surface area contributed by atoms with Crippen molar-refractivity contribution in [3.05, 3.63) is 94.5 Å². The van der Waals surface area contributed by atoms with Crippen molar-refractivity contribution in [1.29, 1.82) is 0 Å². The number of rotatable bonds is 10. The zero-order valence-corrected chi connectivity index (χ0v) is 20.0. The molecule has 0 bridgehead atoms. The summed E-state index contributed by atoms with van der Waals surface area (Å²) < 4.78 is 15.7. The first-order valence-corrected chi connectivity index (χ1v) is 11.1. The summed E-state index contributed by atoms with van der Waals surface area (Å²) in [6.07, 6.45) is 2.34. The number of allylic oxidation sites excluding steroid dienone is 1. The minimum absolute atomic E-state index is 0.0713. The summed E-state index contributed by atoms with van der Waals surface area (Å²) in [7, 11) is 1.48. The third-order valence-corrected chi connectivity index (χ3v) is 5.39. The highest BCUT2D eigenvalue weighted by molar-refractivity contribution is 6.39. The van der Waals surface area contributed by atoms with Crippen molar-refractivity contribution in [2.45, 2.75) is 12.8 Å². The highest BCUT2D eigenvalue weighted by Crippen LogP contribution is 2.33. The Morgan fingerprint density at radius 1 is 0.971 bits per heavy atom. The molecule has 0 aliphatic heterocycles. The second-order valence-electron chi connectivity index (χ2n) is 7.17. The van der Waals surface area contributed by atoms with Crippen LogP contribution < -0.4 is 14.8 Å². The van der Waals surface area contributed by atoms with E-state index in [1.54, 1.807) is 60.7 Å². The van der Waals surface area contributed by atoms with Gasteiger partial charge < -0.3 is 19.5 Å². The Balaban J connectivity index is 1.60. The lowest BCUT2D eigenvalue weighted by Crippen LogP contribution is -2.20. The molecule has 0 aliphatic carbocycles. The number of hydrogen-bond donors (Lipinski definition) is 1. The average molecular weight is 500 g/mol. The molecule has 3 aromatic carbocycles. The van der Waals surface area contributed by atoms with E-state index in [-0.39, 0.29) is 12.2 Å². The van der Waals surface area contributed by atoms with Gasteiger partial charge >= 0.3 is 11.9 Å². The summed E-state index contributed by atoms with van der Waals surface area (Å²) >= 11 is 12.5. The maximum atomic E-state index is 12.4. The molecule has 0 atom stereocenters. The number of carbonyl (C=O) groups is 2. The Kier molecular flexibility index (Phi) is 8.96. The van der Waals surface area contributed by atoms with E-state index in [0.717, 1.165) is 5.56 Å². The van der Waals surface area contributed by atoms with Gasteiger partial charge in [-0.3, -0.25) is 4.79 Å². The first-order valence-electron chi connectivity index (χ1n) is 10.3. The van der Waals surface area contributed by atoms with Crippen molar-refractivity contribution >= 4 is 46.5 Å². The number of carbonyl (C=O) groups excluding carboxylic acids is 2. The number of esters is 2. The molecule has 0 radical (unpaired) electrons. The van der Waals surface area contributed by atoms with Crippen molar-refractivity contribution in [2.24, 2.45) is 0 Å². The predicted octanol–water partition coefficient (Wildman–Crippen LogP) is 6.17. The third kappa shape index (κ3) is 6.76. The van der Waals surface area contributed by atoms with Gasteiger partial charge in [0, 0.05) is 5.69 Å². The van der Waals surface area contributed by atoms with Crippen LogP contribution in [0.4, 0.5) is 11.4 Å². The van der Waals surface area contributed by atoms with E-state index in [9.17, 15) is 9.59 Å². The van der Waals surface area contributed by atoms with Gasteiger partial charge in [-0.1, -0.05) is 59.6 Å². The Morgan fingerprint density at radius 2 is 1.71 bits per heavy atom. The molecular weight excluding hydrogens is 477 g/mol. The van der Waals surface area contributed by atoms with E-state index in [1.807, 2.05) is 6.07 Å². The first-order chi connectivity index (χ1) is 16.4. The number of para-hydroxylation sites is 2. The van der Waals surface area contributed by atoms with Crippen LogP contribution in [0.15, 0.2) is 73.3 Å². The fourth-order valence-electron chi connectivity index (χ4n) is 3.14. The van der Waals surface area contributed by atoms with Crippen LogP contribution >= 0.6 is 23.2 Å². The lowest BCUT2D eigenvalue weighted by molar-refractivity contribution is -0.153. The fourth-order valence-corrected chi connectivity index (χ4v) is 3.63. The second kappa shape index (κ2) is 12.1. The Bertz CT molecular complexity index is 1180. The van der Waals surface area contributed by atoms with Gasteiger partial charge in [0.15, 0.2) is 18.1 Å². The summed E-state index contributed by atoms with van der Waals surface area (Å²) in [5.74, 6) is -0.679. The number of methoxy groups -OCH3 is 1. The quantitative estimate of drug-likeness (QED) is 0.204. The highest BCUT2D eigenvalue weighted by Gasteiger charge is 2.16. The number of hydrogen-bond acceptors (Lipinski definition) is 6. The van der Waals surface area contributed by atoms with E-state index in [4.69, 9.17) is 37.4 Å². The summed E-state index contributed by atoms with van der Waals surface area (Å²) in [6, 6.07) is 17.5. The minimum atomic E-state index is -0.725. The van der Waals surface area contributed by atoms with Crippen LogP contribution in [0.1, 0.15) is 11.1 Å². The van der Waals surface area contributed by atoms with Crippen LogP contribution in [-0.2, 0) is 27.2 Å². The third-order valence-electron chi connectivity index (χ3n) is 4.76. The van der Waals surface area contributed by atoms with E-state index in [1.165, 1.54) is 7.11 Å². The molecule has 0 aliphatic rings. The largest absolute Gasteiger partial charge is 0.493 e. The van der Waals surface area contributed by atoms with Crippen molar-refractivity contribution in [2.75, 3.05) is 19.0 Å². The van der Waals surface area contributed by atoms with Gasteiger partial charge in [0.2, 0.25) is 0 Å². The molecule has 34 heavy (non-hydrogen) atoms. The van der Waals surface area contributed by atoms with Gasteiger partial charge in [0.1, 0.15) is 0 Å². The van der Waals surface area contributed by atoms with Gasteiger partial charge in [0.25, 0.3) is 0 Å². The topological polar surface area (TPSA) is 73.9 Å². The minimum Gasteiger partial charge on any atom is -0.493 e. The van der Waals surface area contributed by atoms with E-state index < -0.39 is 18.5 Å². The SMILES string of the molecule is C=CCc1ccc(OC(=O)COC(=O)Cc2ccccc2Nc2c(Cl)cccc2Cl)c(OC)c1. The molecule has 0 saturated carbocycles. The number of benzene rings is 3. The highest BCUT2D eigenvalue weighted by atomic mass is 35.5. The molecule has 8 heteroatoms. The average Bonchev–Trinajstić information content (AvgIpc) is 2.82. The number of nitrogens with one attached hydrogen (secondary N) is 1. The Labute approximate surface area is 208 Å². The van der Waals surface area contributed by atoms with Gasteiger partial charge in [0.05, 0.1) is 29.3 Å². The normalized spacial score (nSPS) is 10.3. The molecule has 0 fully saturated rings. The summed E-state index contributed by atoms with van der Waals surface area (Å²) in [4.78, 5) is 24.6. The van der Waals surface area contributed by atoms with Crippen molar-refractivity contribution < 1.29 is 23.8 Å². The maximum Gasteiger partial charge on any atom is 0.349 e. The van der Waals surface area contributed by atoms with Crippen LogP contribution in [0, 0.1) is 0 Å². The van der Waals surface area contributed by atoms with Gasteiger partial charge in [-0.05, 0) is 47.9 Å². The van der Waals surface area contributed by atoms with Crippen LogP contribution in [0.25, 0.3) is 0 Å². The van der Waals surface area contributed by atoms with Crippen molar-refractivity contribution in [3.63, 3.8) is 0 Å². The molecule has 3 aromatic rings. The monoisotopic (exact) mass is 499 g/mol. The van der Waals surface area contributed by atoms with Gasteiger partial charge in [-0.25, -0.2) is 4.79 Å². The molecular formula is C26H23Cl2NO5. The summed E-state index contributed by atoms with van der Waals surface area (Å²) in [5, 5.41) is 4.04. The predicted molar refractivity (Wildman–Crippen MR) is 133 cm³/mol. The summed E-state index contributed by atoms with van der Waals surface area (Å²) in [5.41, 5.74) is 2.78. The second-order valence-corrected chi connectivity index (χ2v) is 7.98. The molecule has 0 aromatic heterocycles. The molecule has 0 saturated heterocycles. The van der Waals surface area contributed by atoms with E-state index >= 15 is 0 Å². The molecule has 1 N–H and O–H groups in total. The fraction of sp³-hybridized carbons (Fsp3) is 0.154. The van der Waals surface area contributed by atoms with Crippen LogP contribution in [0.5, 0.6) is 11.5 Å². The maximum absolute atomic E-state index is 12.4. The van der Waals surface area contributed by atoms with E-state index in [2.05, 4.69) is 11.9 Å². The lowest BCUT2D eigenvalue weighted by atomic mass is 10.1. The Morgan fingerprint density at radius 3 is 2.41 bits per heavy atom.